The van der Waals surface area contributed by atoms with E-state index in [9.17, 15) is 10.2 Å². The number of ether oxygens (including phenoxy) is 1. The molecule has 2 aromatic rings. The van der Waals surface area contributed by atoms with E-state index in [4.69, 9.17) is 4.74 Å². The van der Waals surface area contributed by atoms with Gasteiger partial charge >= 0.3 is 0 Å². The van der Waals surface area contributed by atoms with Crippen molar-refractivity contribution < 1.29 is 14.9 Å². The second-order valence-corrected chi connectivity index (χ2v) is 4.33. The molecule has 0 aromatic heterocycles. The SMILES string of the molecule is CCc1ccc(O)c(Oc2ccccc2O)c1CC. The van der Waals surface area contributed by atoms with Crippen molar-refractivity contribution in [3.05, 3.63) is 47.5 Å². The quantitative estimate of drug-likeness (QED) is 0.871. The van der Waals surface area contributed by atoms with Crippen molar-refractivity contribution in [1.82, 2.24) is 0 Å². The van der Waals surface area contributed by atoms with Crippen LogP contribution in [0.15, 0.2) is 36.4 Å². The summed E-state index contributed by atoms with van der Waals surface area (Å²) in [7, 11) is 0. The third-order valence-electron chi connectivity index (χ3n) is 3.15. The van der Waals surface area contributed by atoms with Gasteiger partial charge in [-0.25, -0.2) is 0 Å². The molecule has 2 N–H and O–H groups in total. The lowest BCUT2D eigenvalue weighted by Gasteiger charge is -2.15. The van der Waals surface area contributed by atoms with E-state index in [0.717, 1.165) is 24.0 Å². The molecular weight excluding hydrogens is 240 g/mol. The molecule has 0 spiro atoms. The summed E-state index contributed by atoms with van der Waals surface area (Å²) in [5, 5.41) is 19.7. The molecule has 3 nitrogen and oxygen atoms in total. The van der Waals surface area contributed by atoms with Crippen molar-refractivity contribution in [2.75, 3.05) is 0 Å². The van der Waals surface area contributed by atoms with Gasteiger partial charge in [-0.3, -0.25) is 0 Å². The molecule has 0 fully saturated rings. The van der Waals surface area contributed by atoms with Gasteiger partial charge in [0.1, 0.15) is 0 Å². The van der Waals surface area contributed by atoms with Gasteiger partial charge in [0.15, 0.2) is 23.0 Å². The Labute approximate surface area is 113 Å². The smallest absolute Gasteiger partial charge is 0.172 e. The zero-order chi connectivity index (χ0) is 13.8. The lowest BCUT2D eigenvalue weighted by Crippen LogP contribution is -1.96. The van der Waals surface area contributed by atoms with Crippen LogP contribution in [0.4, 0.5) is 0 Å². The first kappa shape index (κ1) is 13.3. The Balaban J connectivity index is 2.47. The maximum absolute atomic E-state index is 9.99. The van der Waals surface area contributed by atoms with Crippen molar-refractivity contribution in [2.45, 2.75) is 26.7 Å². The highest BCUT2D eigenvalue weighted by Crippen LogP contribution is 2.39. The highest BCUT2D eigenvalue weighted by Gasteiger charge is 2.14. The number of hydrogen-bond acceptors (Lipinski definition) is 3. The molecule has 0 unspecified atom stereocenters. The van der Waals surface area contributed by atoms with Crippen LogP contribution in [0.5, 0.6) is 23.0 Å². The number of aromatic hydroxyl groups is 2. The fourth-order valence-corrected chi connectivity index (χ4v) is 2.14. The third-order valence-corrected chi connectivity index (χ3v) is 3.15. The zero-order valence-corrected chi connectivity index (χ0v) is 11.2. The highest BCUT2D eigenvalue weighted by atomic mass is 16.5. The minimum Gasteiger partial charge on any atom is -0.504 e. The van der Waals surface area contributed by atoms with Crippen molar-refractivity contribution in [3.63, 3.8) is 0 Å². The molecule has 0 aliphatic rings. The van der Waals surface area contributed by atoms with Gasteiger partial charge in [-0.15, -0.1) is 0 Å². The maximum atomic E-state index is 9.99. The summed E-state index contributed by atoms with van der Waals surface area (Å²) in [4.78, 5) is 0. The Morgan fingerprint density at radius 1 is 0.895 bits per heavy atom. The fourth-order valence-electron chi connectivity index (χ4n) is 2.14. The number of benzene rings is 2. The van der Waals surface area contributed by atoms with Gasteiger partial charge in [-0.1, -0.05) is 32.0 Å². The fraction of sp³-hybridized carbons (Fsp3) is 0.250. The molecule has 0 saturated heterocycles. The van der Waals surface area contributed by atoms with Gasteiger partial charge in [-0.05, 0) is 36.6 Å². The standard InChI is InChI=1S/C16H18O3/c1-3-11-9-10-14(18)16(12(11)4-2)19-15-8-6-5-7-13(15)17/h5-10,17-18H,3-4H2,1-2H3. The van der Waals surface area contributed by atoms with Crippen molar-refractivity contribution >= 4 is 0 Å². The summed E-state index contributed by atoms with van der Waals surface area (Å²) in [5.41, 5.74) is 2.12. The first-order valence-corrected chi connectivity index (χ1v) is 6.46. The molecule has 0 radical (unpaired) electrons. The van der Waals surface area contributed by atoms with Gasteiger partial charge in [0, 0.05) is 5.56 Å². The molecule has 0 amide bonds. The van der Waals surface area contributed by atoms with E-state index in [1.807, 2.05) is 13.0 Å². The summed E-state index contributed by atoms with van der Waals surface area (Å²) < 4.78 is 5.70. The van der Waals surface area contributed by atoms with Crippen LogP contribution in [0.3, 0.4) is 0 Å². The number of phenolic OH excluding ortho intramolecular Hbond substituents is 2. The minimum atomic E-state index is 0.0610. The predicted octanol–water partition coefficient (Wildman–Crippen LogP) is 4.01. The number of rotatable bonds is 4. The summed E-state index contributed by atoms with van der Waals surface area (Å²) in [6.07, 6.45) is 1.64. The van der Waals surface area contributed by atoms with E-state index in [2.05, 4.69) is 6.92 Å². The van der Waals surface area contributed by atoms with Crippen LogP contribution in [0.25, 0.3) is 0 Å². The molecular formula is C16H18O3. The summed E-state index contributed by atoms with van der Waals surface area (Å²) in [6.45, 7) is 4.08. The lowest BCUT2D eigenvalue weighted by atomic mass is 10.0. The van der Waals surface area contributed by atoms with Gasteiger partial charge in [0.2, 0.25) is 0 Å². The van der Waals surface area contributed by atoms with Crippen LogP contribution >= 0.6 is 0 Å². The topological polar surface area (TPSA) is 49.7 Å². The molecule has 0 bridgehead atoms. The first-order valence-electron chi connectivity index (χ1n) is 6.46. The molecule has 3 heteroatoms. The number of hydrogen-bond donors (Lipinski definition) is 2. The second kappa shape index (κ2) is 5.65. The van der Waals surface area contributed by atoms with E-state index < -0.39 is 0 Å². The molecule has 0 aliphatic heterocycles. The van der Waals surface area contributed by atoms with Gasteiger partial charge < -0.3 is 14.9 Å². The Bertz CT molecular complexity index is 576. The van der Waals surface area contributed by atoms with Crippen LogP contribution in [0.2, 0.25) is 0 Å². The number of para-hydroxylation sites is 2. The largest absolute Gasteiger partial charge is 0.504 e. The van der Waals surface area contributed by atoms with E-state index in [-0.39, 0.29) is 11.5 Å². The Morgan fingerprint density at radius 2 is 1.63 bits per heavy atom. The number of phenols is 2. The molecule has 100 valence electrons. The third kappa shape index (κ3) is 2.65. The van der Waals surface area contributed by atoms with Crippen molar-refractivity contribution in [2.24, 2.45) is 0 Å². The summed E-state index contributed by atoms with van der Waals surface area (Å²) in [5.74, 6) is 0.937. The van der Waals surface area contributed by atoms with E-state index >= 15 is 0 Å². The normalized spacial score (nSPS) is 10.4. The van der Waals surface area contributed by atoms with E-state index in [1.54, 1.807) is 30.3 Å². The summed E-state index contributed by atoms with van der Waals surface area (Å²) in [6, 6.07) is 10.3. The van der Waals surface area contributed by atoms with Crippen LogP contribution in [-0.2, 0) is 12.8 Å². The molecule has 0 saturated carbocycles. The molecule has 0 atom stereocenters. The van der Waals surface area contributed by atoms with E-state index in [0.29, 0.717) is 11.5 Å². The Morgan fingerprint density at radius 3 is 2.26 bits per heavy atom. The molecule has 2 rings (SSSR count). The zero-order valence-electron chi connectivity index (χ0n) is 11.2. The van der Waals surface area contributed by atoms with Crippen LogP contribution in [0, 0.1) is 0 Å². The number of aryl methyl sites for hydroxylation is 1. The first-order chi connectivity index (χ1) is 9.17. The van der Waals surface area contributed by atoms with Gasteiger partial charge in [-0.2, -0.15) is 0 Å². The van der Waals surface area contributed by atoms with Gasteiger partial charge in [0.25, 0.3) is 0 Å². The minimum absolute atomic E-state index is 0.0610. The van der Waals surface area contributed by atoms with Crippen molar-refractivity contribution in [3.8, 4) is 23.0 Å². The Kier molecular flexibility index (Phi) is 3.95. The van der Waals surface area contributed by atoms with Gasteiger partial charge in [0.05, 0.1) is 0 Å². The Hall–Kier alpha value is -2.16. The van der Waals surface area contributed by atoms with Crippen molar-refractivity contribution in [1.29, 1.82) is 0 Å². The van der Waals surface area contributed by atoms with E-state index in [1.165, 1.54) is 0 Å². The molecule has 2 aromatic carbocycles. The monoisotopic (exact) mass is 258 g/mol. The van der Waals surface area contributed by atoms with Crippen LogP contribution in [0.1, 0.15) is 25.0 Å². The van der Waals surface area contributed by atoms with Crippen LogP contribution < -0.4 is 4.74 Å². The average Bonchev–Trinajstić information content (AvgIpc) is 2.43. The predicted molar refractivity (Wildman–Crippen MR) is 75.0 cm³/mol. The molecule has 0 aliphatic carbocycles. The average molecular weight is 258 g/mol. The molecule has 0 heterocycles. The molecule has 19 heavy (non-hydrogen) atoms. The highest BCUT2D eigenvalue weighted by molar-refractivity contribution is 5.53. The summed E-state index contributed by atoms with van der Waals surface area (Å²) >= 11 is 0. The lowest BCUT2D eigenvalue weighted by molar-refractivity contribution is 0.382. The van der Waals surface area contributed by atoms with Crippen LogP contribution in [-0.4, -0.2) is 10.2 Å². The second-order valence-electron chi connectivity index (χ2n) is 4.33. The maximum Gasteiger partial charge on any atom is 0.172 e.